The molecule has 0 saturated carbocycles. The number of rotatable bonds is 2. The first-order valence-electron chi connectivity index (χ1n) is 6.11. The van der Waals surface area contributed by atoms with Gasteiger partial charge in [-0.2, -0.15) is 0 Å². The molecular weight excluding hydrogens is 316 g/mol. The summed E-state index contributed by atoms with van der Waals surface area (Å²) in [6.07, 6.45) is 7.18. The van der Waals surface area contributed by atoms with Crippen molar-refractivity contribution in [2.45, 2.75) is 6.92 Å². The smallest absolute Gasteiger partial charge is 0.152 e. The Morgan fingerprint density at radius 2 is 1.90 bits per heavy atom. The van der Waals surface area contributed by atoms with Gasteiger partial charge in [-0.3, -0.25) is 4.98 Å². The zero-order chi connectivity index (χ0) is 13.9. The summed E-state index contributed by atoms with van der Waals surface area (Å²) in [5.74, 6) is 0.668. The highest BCUT2D eigenvalue weighted by atomic mass is 79.9. The molecule has 0 aliphatic carbocycles. The average molecular weight is 327 g/mol. The van der Waals surface area contributed by atoms with E-state index < -0.39 is 0 Å². The van der Waals surface area contributed by atoms with E-state index in [0.29, 0.717) is 5.82 Å². The molecule has 0 saturated heterocycles. The van der Waals surface area contributed by atoms with Crippen molar-refractivity contribution in [3.63, 3.8) is 0 Å². The van der Waals surface area contributed by atoms with Crippen LogP contribution in [0.4, 0.5) is 0 Å². The zero-order valence-corrected chi connectivity index (χ0v) is 12.4. The predicted molar refractivity (Wildman–Crippen MR) is 82.9 cm³/mol. The van der Waals surface area contributed by atoms with Crippen molar-refractivity contribution in [3.8, 4) is 0 Å². The molecule has 1 aromatic carbocycles. The molecule has 0 amide bonds. The lowest BCUT2D eigenvalue weighted by molar-refractivity contribution is 1.08. The third kappa shape index (κ3) is 2.88. The largest absolute Gasteiger partial charge is 0.252 e. The maximum absolute atomic E-state index is 4.54. The number of fused-ring (bicyclic) bond motifs is 1. The fourth-order valence-corrected chi connectivity index (χ4v) is 2.14. The summed E-state index contributed by atoms with van der Waals surface area (Å²) < 4.78 is 0.988. The van der Waals surface area contributed by atoms with Crippen LogP contribution in [-0.4, -0.2) is 19.9 Å². The summed E-state index contributed by atoms with van der Waals surface area (Å²) in [6, 6.07) is 7.70. The van der Waals surface area contributed by atoms with E-state index in [1.165, 1.54) is 0 Å². The van der Waals surface area contributed by atoms with Crippen LogP contribution < -0.4 is 0 Å². The molecule has 0 N–H and O–H groups in total. The number of hydrogen-bond donors (Lipinski definition) is 0. The van der Waals surface area contributed by atoms with Gasteiger partial charge in [-0.05, 0) is 43.3 Å². The van der Waals surface area contributed by atoms with E-state index in [4.69, 9.17) is 0 Å². The number of nitrogens with zero attached hydrogens (tertiary/aromatic N) is 4. The minimum Gasteiger partial charge on any atom is -0.252 e. The second-order valence-corrected chi connectivity index (χ2v) is 5.23. The lowest BCUT2D eigenvalue weighted by atomic mass is 10.3. The van der Waals surface area contributed by atoms with Gasteiger partial charge in [-0.25, -0.2) is 15.0 Å². The van der Waals surface area contributed by atoms with E-state index in [0.717, 1.165) is 26.9 Å². The van der Waals surface area contributed by atoms with Gasteiger partial charge in [-0.15, -0.1) is 0 Å². The Labute approximate surface area is 124 Å². The first-order valence-corrected chi connectivity index (χ1v) is 6.90. The Balaban J connectivity index is 1.94. The van der Waals surface area contributed by atoms with Gasteiger partial charge in [0.15, 0.2) is 5.82 Å². The lowest BCUT2D eigenvalue weighted by Crippen LogP contribution is -1.90. The summed E-state index contributed by atoms with van der Waals surface area (Å²) in [7, 11) is 0. The van der Waals surface area contributed by atoms with Crippen LogP contribution in [0.2, 0.25) is 0 Å². The molecule has 2 heterocycles. The molecule has 0 bridgehead atoms. The molecule has 20 heavy (non-hydrogen) atoms. The van der Waals surface area contributed by atoms with Gasteiger partial charge in [0.1, 0.15) is 0 Å². The summed E-state index contributed by atoms with van der Waals surface area (Å²) in [5, 5.41) is 0. The molecule has 0 unspecified atom stereocenters. The van der Waals surface area contributed by atoms with Gasteiger partial charge in [0.2, 0.25) is 0 Å². The third-order valence-electron chi connectivity index (χ3n) is 2.74. The van der Waals surface area contributed by atoms with Crippen molar-refractivity contribution < 1.29 is 0 Å². The Morgan fingerprint density at radius 1 is 1.00 bits per heavy atom. The first kappa shape index (κ1) is 12.9. The maximum atomic E-state index is 4.54. The number of aromatic nitrogens is 4. The van der Waals surface area contributed by atoms with Crippen LogP contribution in [0.5, 0.6) is 0 Å². The predicted octanol–water partition coefficient (Wildman–Crippen LogP) is 3.66. The monoisotopic (exact) mass is 326 g/mol. The first-order chi connectivity index (χ1) is 9.70. The maximum Gasteiger partial charge on any atom is 0.152 e. The number of halogens is 1. The molecule has 5 heteroatoms. The van der Waals surface area contributed by atoms with Crippen LogP contribution in [-0.2, 0) is 0 Å². The Morgan fingerprint density at radius 3 is 2.75 bits per heavy atom. The fourth-order valence-electron chi connectivity index (χ4n) is 1.79. The van der Waals surface area contributed by atoms with Crippen molar-refractivity contribution >= 4 is 39.1 Å². The van der Waals surface area contributed by atoms with Crippen molar-refractivity contribution in [2.75, 3.05) is 0 Å². The normalized spacial score (nSPS) is 11.3. The summed E-state index contributed by atoms with van der Waals surface area (Å²) in [4.78, 5) is 17.4. The Kier molecular flexibility index (Phi) is 3.52. The summed E-state index contributed by atoms with van der Waals surface area (Å²) in [6.45, 7) is 1.94. The topological polar surface area (TPSA) is 51.6 Å². The quantitative estimate of drug-likeness (QED) is 0.721. The summed E-state index contributed by atoms with van der Waals surface area (Å²) >= 11 is 3.43. The molecule has 3 aromatic rings. The Hall–Kier alpha value is -2.14. The minimum atomic E-state index is 0.668. The number of aryl methyl sites for hydroxylation is 1. The van der Waals surface area contributed by atoms with Crippen LogP contribution in [0, 0.1) is 6.92 Å². The van der Waals surface area contributed by atoms with Gasteiger partial charge in [-0.1, -0.05) is 15.9 Å². The lowest BCUT2D eigenvalue weighted by Gasteiger charge is -1.99. The molecule has 0 atom stereocenters. The molecule has 4 nitrogen and oxygen atoms in total. The molecule has 0 fully saturated rings. The van der Waals surface area contributed by atoms with Crippen molar-refractivity contribution in [1.29, 1.82) is 0 Å². The molecule has 0 aliphatic heterocycles. The second-order valence-electron chi connectivity index (χ2n) is 4.32. The van der Waals surface area contributed by atoms with Gasteiger partial charge in [0.05, 0.1) is 22.9 Å². The van der Waals surface area contributed by atoms with E-state index in [9.17, 15) is 0 Å². The molecule has 98 valence electrons. The van der Waals surface area contributed by atoms with E-state index in [1.807, 2.05) is 43.3 Å². The fraction of sp³-hybridized carbons (Fsp3) is 0.0667. The number of hydrogen-bond acceptors (Lipinski definition) is 4. The third-order valence-corrected chi connectivity index (χ3v) is 3.23. The van der Waals surface area contributed by atoms with Gasteiger partial charge >= 0.3 is 0 Å². The molecule has 3 rings (SSSR count). The van der Waals surface area contributed by atoms with Crippen molar-refractivity contribution in [3.05, 3.63) is 58.3 Å². The van der Waals surface area contributed by atoms with Gasteiger partial charge in [0.25, 0.3) is 0 Å². The summed E-state index contributed by atoms with van der Waals surface area (Å²) in [5.41, 5.74) is 3.44. The molecule has 0 aliphatic rings. The highest BCUT2D eigenvalue weighted by Gasteiger charge is 1.99. The van der Waals surface area contributed by atoms with Crippen LogP contribution in [0.25, 0.3) is 23.2 Å². The molecule has 0 spiro atoms. The average Bonchev–Trinajstić information content (AvgIpc) is 2.45. The van der Waals surface area contributed by atoms with Gasteiger partial charge in [0, 0.05) is 16.4 Å². The van der Waals surface area contributed by atoms with E-state index >= 15 is 0 Å². The van der Waals surface area contributed by atoms with E-state index in [2.05, 4.69) is 35.9 Å². The van der Waals surface area contributed by atoms with Crippen LogP contribution >= 0.6 is 15.9 Å². The molecule has 0 radical (unpaired) electrons. The van der Waals surface area contributed by atoms with Crippen LogP contribution in [0.15, 0.2) is 41.1 Å². The van der Waals surface area contributed by atoms with E-state index in [-0.39, 0.29) is 0 Å². The highest BCUT2D eigenvalue weighted by Crippen LogP contribution is 2.17. The second kappa shape index (κ2) is 5.46. The van der Waals surface area contributed by atoms with Crippen LogP contribution in [0.1, 0.15) is 17.2 Å². The minimum absolute atomic E-state index is 0.668. The molecule has 2 aromatic heterocycles. The highest BCUT2D eigenvalue weighted by molar-refractivity contribution is 9.10. The van der Waals surface area contributed by atoms with Crippen LogP contribution in [0.3, 0.4) is 0 Å². The van der Waals surface area contributed by atoms with Crippen molar-refractivity contribution in [2.24, 2.45) is 0 Å². The van der Waals surface area contributed by atoms with E-state index in [1.54, 1.807) is 12.4 Å². The zero-order valence-electron chi connectivity index (χ0n) is 10.8. The van der Waals surface area contributed by atoms with Crippen molar-refractivity contribution in [1.82, 2.24) is 19.9 Å². The Bertz CT molecular complexity index is 799. The van der Waals surface area contributed by atoms with Gasteiger partial charge < -0.3 is 0 Å². The SMILES string of the molecule is Cc1ccnc(C=Cc2cnc3ccc(Br)cc3n2)n1. The standard InChI is InChI=1S/C15H11BrN4/c1-10-6-7-17-15(19-10)5-3-12-9-18-13-4-2-11(16)8-14(13)20-12/h2-9H,1H3. The molecular formula is C15H11BrN4. The number of benzene rings is 1.